The summed E-state index contributed by atoms with van der Waals surface area (Å²) >= 11 is 3.27. The molecular weight excluding hydrogens is 345 g/mol. The molecule has 0 bridgehead atoms. The van der Waals surface area contributed by atoms with E-state index in [1.54, 1.807) is 25.1 Å². The maximum Gasteiger partial charge on any atom is 0.416 e. The average Bonchev–Trinajstić information content (AvgIpc) is 2.40. The number of alkyl halides is 3. The SMILES string of the molecule is Cc1ccc(C(F)(F)F)cc1Nc1cc(Br)ccc1C#N. The third-order valence-corrected chi connectivity index (χ3v) is 3.43. The summed E-state index contributed by atoms with van der Waals surface area (Å²) in [7, 11) is 0. The molecule has 0 unspecified atom stereocenters. The molecule has 2 aromatic rings. The predicted octanol–water partition coefficient (Wildman–Crippen LogP) is 5.39. The number of nitrogens with zero attached hydrogens (tertiary/aromatic N) is 1. The van der Waals surface area contributed by atoms with Gasteiger partial charge in [-0.3, -0.25) is 0 Å². The normalized spacial score (nSPS) is 11.0. The van der Waals surface area contributed by atoms with Gasteiger partial charge in [-0.1, -0.05) is 22.0 Å². The molecule has 0 radical (unpaired) electrons. The van der Waals surface area contributed by atoms with Gasteiger partial charge in [-0.2, -0.15) is 18.4 Å². The van der Waals surface area contributed by atoms with Crippen LogP contribution in [0.4, 0.5) is 24.5 Å². The van der Waals surface area contributed by atoms with Crippen LogP contribution < -0.4 is 5.32 Å². The van der Waals surface area contributed by atoms with E-state index in [0.29, 0.717) is 22.5 Å². The number of nitrogens with one attached hydrogen (secondary N) is 1. The van der Waals surface area contributed by atoms with Gasteiger partial charge in [0.1, 0.15) is 6.07 Å². The third-order valence-electron chi connectivity index (χ3n) is 2.94. The Morgan fingerprint density at radius 3 is 2.43 bits per heavy atom. The maximum atomic E-state index is 12.8. The van der Waals surface area contributed by atoms with Crippen molar-refractivity contribution in [2.45, 2.75) is 13.1 Å². The largest absolute Gasteiger partial charge is 0.416 e. The Morgan fingerprint density at radius 1 is 1.10 bits per heavy atom. The topological polar surface area (TPSA) is 35.8 Å². The molecule has 2 nitrogen and oxygen atoms in total. The first-order valence-electron chi connectivity index (χ1n) is 5.96. The van der Waals surface area contributed by atoms with Crippen LogP contribution in [0.5, 0.6) is 0 Å². The Labute approximate surface area is 128 Å². The molecule has 2 rings (SSSR count). The van der Waals surface area contributed by atoms with Crippen molar-refractivity contribution in [2.24, 2.45) is 0 Å². The lowest BCUT2D eigenvalue weighted by atomic mass is 10.1. The molecule has 0 amide bonds. The Hall–Kier alpha value is -2.00. The number of anilines is 2. The Kier molecular flexibility index (Phi) is 4.24. The molecule has 0 aromatic heterocycles. The van der Waals surface area contributed by atoms with Crippen molar-refractivity contribution in [1.82, 2.24) is 0 Å². The summed E-state index contributed by atoms with van der Waals surface area (Å²) in [6, 6.07) is 10.4. The first kappa shape index (κ1) is 15.4. The summed E-state index contributed by atoms with van der Waals surface area (Å²) in [6.45, 7) is 1.70. The van der Waals surface area contributed by atoms with Gasteiger partial charge in [-0.15, -0.1) is 0 Å². The number of rotatable bonds is 2. The standard InChI is InChI=1S/C15H10BrF3N2/c1-9-2-4-11(15(17,18)19)6-13(9)21-14-7-12(16)5-3-10(14)8-20/h2-7,21H,1H3. The van der Waals surface area contributed by atoms with Crippen molar-refractivity contribution < 1.29 is 13.2 Å². The highest BCUT2D eigenvalue weighted by molar-refractivity contribution is 9.10. The molecule has 0 spiro atoms. The molecule has 0 fully saturated rings. The van der Waals surface area contributed by atoms with Gasteiger partial charge in [0.05, 0.1) is 16.8 Å². The molecule has 0 saturated carbocycles. The first-order chi connectivity index (χ1) is 9.81. The number of aryl methyl sites for hydroxylation is 1. The van der Waals surface area contributed by atoms with Crippen LogP contribution in [0, 0.1) is 18.3 Å². The van der Waals surface area contributed by atoms with Crippen molar-refractivity contribution in [1.29, 1.82) is 5.26 Å². The molecule has 0 atom stereocenters. The minimum absolute atomic E-state index is 0.319. The van der Waals surface area contributed by atoms with Gasteiger partial charge in [-0.05, 0) is 42.8 Å². The number of benzene rings is 2. The smallest absolute Gasteiger partial charge is 0.354 e. The molecule has 0 aliphatic rings. The summed E-state index contributed by atoms with van der Waals surface area (Å²) in [6.07, 6.45) is -4.40. The van der Waals surface area contributed by atoms with Gasteiger partial charge in [0.15, 0.2) is 0 Å². The fourth-order valence-electron chi connectivity index (χ4n) is 1.80. The molecule has 108 valence electrons. The number of halogens is 4. The zero-order valence-electron chi connectivity index (χ0n) is 10.9. The van der Waals surface area contributed by atoms with Crippen LogP contribution in [-0.4, -0.2) is 0 Å². The third kappa shape index (κ3) is 3.56. The van der Waals surface area contributed by atoms with Crippen molar-refractivity contribution in [2.75, 3.05) is 5.32 Å². The Bertz CT molecular complexity index is 718. The monoisotopic (exact) mass is 354 g/mol. The van der Waals surface area contributed by atoms with Gasteiger partial charge in [-0.25, -0.2) is 0 Å². The van der Waals surface area contributed by atoms with Gasteiger partial charge < -0.3 is 5.32 Å². The van der Waals surface area contributed by atoms with Crippen molar-refractivity contribution in [3.63, 3.8) is 0 Å². The fraction of sp³-hybridized carbons (Fsp3) is 0.133. The Morgan fingerprint density at radius 2 is 1.81 bits per heavy atom. The number of nitriles is 1. The molecule has 0 heterocycles. The molecule has 1 N–H and O–H groups in total. The van der Waals surface area contributed by atoms with Crippen LogP contribution >= 0.6 is 15.9 Å². The molecule has 0 aliphatic carbocycles. The van der Waals surface area contributed by atoms with E-state index in [2.05, 4.69) is 21.2 Å². The second-order valence-electron chi connectivity index (χ2n) is 4.45. The highest BCUT2D eigenvalue weighted by Crippen LogP contribution is 2.33. The van der Waals surface area contributed by atoms with E-state index in [-0.39, 0.29) is 0 Å². The van der Waals surface area contributed by atoms with E-state index in [9.17, 15) is 13.2 Å². The molecule has 21 heavy (non-hydrogen) atoms. The van der Waals surface area contributed by atoms with Crippen LogP contribution in [0.25, 0.3) is 0 Å². The summed E-state index contributed by atoms with van der Waals surface area (Å²) in [4.78, 5) is 0. The van der Waals surface area contributed by atoms with Crippen LogP contribution in [0.2, 0.25) is 0 Å². The summed E-state index contributed by atoms with van der Waals surface area (Å²) < 4.78 is 39.0. The molecule has 0 saturated heterocycles. The summed E-state index contributed by atoms with van der Waals surface area (Å²) in [5.41, 5.74) is 1.06. The lowest BCUT2D eigenvalue weighted by Gasteiger charge is -2.14. The zero-order valence-corrected chi connectivity index (χ0v) is 12.5. The summed E-state index contributed by atoms with van der Waals surface area (Å²) in [5.74, 6) is 0. The molecule has 0 aliphatic heterocycles. The van der Waals surface area contributed by atoms with Crippen molar-refractivity contribution in [3.05, 3.63) is 57.6 Å². The average molecular weight is 355 g/mol. The highest BCUT2D eigenvalue weighted by Gasteiger charge is 2.30. The minimum atomic E-state index is -4.40. The van der Waals surface area contributed by atoms with E-state index in [0.717, 1.165) is 16.6 Å². The van der Waals surface area contributed by atoms with E-state index >= 15 is 0 Å². The first-order valence-corrected chi connectivity index (χ1v) is 6.75. The van der Waals surface area contributed by atoms with Gasteiger partial charge >= 0.3 is 6.18 Å². The van der Waals surface area contributed by atoms with Crippen LogP contribution in [-0.2, 0) is 6.18 Å². The van der Waals surface area contributed by atoms with Crippen molar-refractivity contribution >= 4 is 27.3 Å². The van der Waals surface area contributed by atoms with Crippen LogP contribution in [0.1, 0.15) is 16.7 Å². The van der Waals surface area contributed by atoms with E-state index < -0.39 is 11.7 Å². The lowest BCUT2D eigenvalue weighted by molar-refractivity contribution is -0.137. The van der Waals surface area contributed by atoms with Crippen molar-refractivity contribution in [3.8, 4) is 6.07 Å². The maximum absolute atomic E-state index is 12.8. The van der Waals surface area contributed by atoms with Crippen LogP contribution in [0.3, 0.4) is 0 Å². The van der Waals surface area contributed by atoms with Gasteiger partial charge in [0.25, 0.3) is 0 Å². The Balaban J connectivity index is 2.45. The quantitative estimate of drug-likeness (QED) is 0.784. The van der Waals surface area contributed by atoms with E-state index in [4.69, 9.17) is 5.26 Å². The molecule has 2 aromatic carbocycles. The van der Waals surface area contributed by atoms with Crippen LogP contribution in [0.15, 0.2) is 40.9 Å². The van der Waals surface area contributed by atoms with E-state index in [1.165, 1.54) is 6.07 Å². The van der Waals surface area contributed by atoms with Gasteiger partial charge in [0.2, 0.25) is 0 Å². The second kappa shape index (κ2) is 5.78. The summed E-state index contributed by atoms with van der Waals surface area (Å²) in [5, 5.41) is 11.9. The minimum Gasteiger partial charge on any atom is -0.354 e. The van der Waals surface area contributed by atoms with Gasteiger partial charge in [0, 0.05) is 10.2 Å². The molecular formula is C15H10BrF3N2. The fourth-order valence-corrected chi connectivity index (χ4v) is 2.16. The number of hydrogen-bond acceptors (Lipinski definition) is 2. The zero-order chi connectivity index (χ0) is 15.6. The molecule has 6 heteroatoms. The lowest BCUT2D eigenvalue weighted by Crippen LogP contribution is -2.06. The predicted molar refractivity (Wildman–Crippen MR) is 78.3 cm³/mol. The van der Waals surface area contributed by atoms with E-state index in [1.807, 2.05) is 6.07 Å². The second-order valence-corrected chi connectivity index (χ2v) is 5.37. The highest BCUT2D eigenvalue weighted by atomic mass is 79.9. The number of hydrogen-bond donors (Lipinski definition) is 1.